The fraction of sp³-hybridized carbons (Fsp3) is 0.357. The van der Waals surface area contributed by atoms with E-state index in [9.17, 15) is 8.42 Å². The molecular formula is C14H15Cl2N3O2S. The lowest BCUT2D eigenvalue weighted by Crippen LogP contribution is -2.62. The summed E-state index contributed by atoms with van der Waals surface area (Å²) in [5, 5.41) is 4.36. The lowest BCUT2D eigenvalue weighted by atomic mass is 10.2. The first kappa shape index (κ1) is 16.0. The second-order valence-corrected chi connectivity index (χ2v) is 8.30. The summed E-state index contributed by atoms with van der Waals surface area (Å²) in [7, 11) is -3.78. The van der Waals surface area contributed by atoms with Gasteiger partial charge in [0.15, 0.2) is 0 Å². The smallest absolute Gasteiger partial charge is 0.245 e. The first-order valence-corrected chi connectivity index (χ1v) is 9.02. The molecule has 1 aromatic heterocycles. The standard InChI is InChI=1S/C14H15Cl2N3O2S/c1-14(16)13(15)18-7-8-19(14)22(20,21)12-4-2-3-10-9-17-6-5-11(10)12/h2-6,9,13,18H,7-8H2,1H3. The second kappa shape index (κ2) is 5.62. The zero-order chi connectivity index (χ0) is 16.0. The number of pyridine rings is 1. The predicted molar refractivity (Wildman–Crippen MR) is 87.5 cm³/mol. The SMILES string of the molecule is CC1(Cl)C(Cl)NCCN1S(=O)(=O)c1cccc2cnccc12. The van der Waals surface area contributed by atoms with Crippen molar-refractivity contribution in [3.63, 3.8) is 0 Å². The molecule has 2 atom stereocenters. The normalized spacial score (nSPS) is 27.1. The van der Waals surface area contributed by atoms with Crippen molar-refractivity contribution in [3.05, 3.63) is 36.7 Å². The van der Waals surface area contributed by atoms with Crippen molar-refractivity contribution in [2.24, 2.45) is 0 Å². The summed E-state index contributed by atoms with van der Waals surface area (Å²) in [4.78, 5) is 2.99. The Bertz CT molecular complexity index is 805. The Balaban J connectivity index is 2.17. The third-order valence-electron chi connectivity index (χ3n) is 3.80. The van der Waals surface area contributed by atoms with Crippen molar-refractivity contribution in [2.45, 2.75) is 22.3 Å². The van der Waals surface area contributed by atoms with Gasteiger partial charge in [-0.05, 0) is 19.1 Å². The molecule has 22 heavy (non-hydrogen) atoms. The summed E-state index contributed by atoms with van der Waals surface area (Å²) in [5.74, 6) is 0. The Morgan fingerprint density at radius 3 is 2.95 bits per heavy atom. The largest absolute Gasteiger partial charge is 0.297 e. The predicted octanol–water partition coefficient (Wildman–Crippen LogP) is 2.35. The van der Waals surface area contributed by atoms with Gasteiger partial charge in [0.1, 0.15) is 10.5 Å². The molecule has 8 heteroatoms. The number of nitrogens with zero attached hydrogens (tertiary/aromatic N) is 2. The van der Waals surface area contributed by atoms with Crippen LogP contribution in [0.15, 0.2) is 41.6 Å². The summed E-state index contributed by atoms with van der Waals surface area (Å²) in [6.07, 6.45) is 3.21. The Labute approximate surface area is 139 Å². The summed E-state index contributed by atoms with van der Waals surface area (Å²) in [5.41, 5.74) is -0.672. The van der Waals surface area contributed by atoms with Crippen LogP contribution in [-0.2, 0) is 10.0 Å². The van der Waals surface area contributed by atoms with Crippen LogP contribution < -0.4 is 5.32 Å². The van der Waals surface area contributed by atoms with E-state index in [4.69, 9.17) is 23.2 Å². The molecular weight excluding hydrogens is 345 g/mol. The molecule has 118 valence electrons. The van der Waals surface area contributed by atoms with E-state index in [1.807, 2.05) is 6.07 Å². The van der Waals surface area contributed by atoms with Crippen molar-refractivity contribution in [1.29, 1.82) is 0 Å². The lowest BCUT2D eigenvalue weighted by molar-refractivity contribution is 0.228. The van der Waals surface area contributed by atoms with Crippen LogP contribution >= 0.6 is 23.2 Å². The van der Waals surface area contributed by atoms with Crippen molar-refractivity contribution in [3.8, 4) is 0 Å². The molecule has 1 aliphatic heterocycles. The minimum atomic E-state index is -3.78. The summed E-state index contributed by atoms with van der Waals surface area (Å²) in [6.45, 7) is 2.30. The second-order valence-electron chi connectivity index (χ2n) is 5.27. The van der Waals surface area contributed by atoms with Gasteiger partial charge in [-0.2, -0.15) is 4.31 Å². The van der Waals surface area contributed by atoms with E-state index in [2.05, 4.69) is 10.3 Å². The number of aromatic nitrogens is 1. The zero-order valence-electron chi connectivity index (χ0n) is 11.8. The number of piperazine rings is 1. The fourth-order valence-corrected chi connectivity index (χ4v) is 5.19. The third-order valence-corrected chi connectivity index (χ3v) is 7.06. The van der Waals surface area contributed by atoms with Crippen LogP contribution in [0.25, 0.3) is 10.8 Å². The average Bonchev–Trinajstić information content (AvgIpc) is 2.49. The van der Waals surface area contributed by atoms with Gasteiger partial charge in [-0.25, -0.2) is 8.42 Å². The summed E-state index contributed by atoms with van der Waals surface area (Å²) in [6, 6.07) is 6.79. The molecule has 1 N–H and O–H groups in total. The molecule has 0 saturated carbocycles. The van der Waals surface area contributed by atoms with Gasteiger partial charge in [0, 0.05) is 36.3 Å². The molecule has 2 unspecified atom stereocenters. The van der Waals surface area contributed by atoms with Gasteiger partial charge < -0.3 is 0 Å². The van der Waals surface area contributed by atoms with Crippen molar-refractivity contribution < 1.29 is 8.42 Å². The Hall–Kier alpha value is -0.920. The monoisotopic (exact) mass is 359 g/mol. The number of hydrogen-bond donors (Lipinski definition) is 1. The summed E-state index contributed by atoms with van der Waals surface area (Å²) < 4.78 is 27.4. The van der Waals surface area contributed by atoms with E-state index in [1.165, 1.54) is 4.31 Å². The van der Waals surface area contributed by atoms with E-state index in [0.717, 1.165) is 5.39 Å². The van der Waals surface area contributed by atoms with Gasteiger partial charge in [0.05, 0.1) is 4.90 Å². The van der Waals surface area contributed by atoms with Gasteiger partial charge in [0.25, 0.3) is 0 Å². The van der Waals surface area contributed by atoms with E-state index < -0.39 is 20.5 Å². The maximum absolute atomic E-state index is 13.1. The van der Waals surface area contributed by atoms with Crippen LogP contribution in [0.1, 0.15) is 6.92 Å². The molecule has 0 amide bonds. The van der Waals surface area contributed by atoms with Crippen molar-refractivity contribution in [1.82, 2.24) is 14.6 Å². The van der Waals surface area contributed by atoms with Gasteiger partial charge in [-0.1, -0.05) is 23.7 Å². The number of nitrogens with one attached hydrogen (secondary N) is 1. The van der Waals surface area contributed by atoms with Crippen molar-refractivity contribution >= 4 is 44.0 Å². The van der Waals surface area contributed by atoms with E-state index >= 15 is 0 Å². The van der Waals surface area contributed by atoms with Crippen LogP contribution in [0.2, 0.25) is 0 Å². The number of alkyl halides is 2. The molecule has 2 aromatic rings. The molecule has 1 aromatic carbocycles. The number of hydrogen-bond acceptors (Lipinski definition) is 4. The van der Waals surface area contributed by atoms with Gasteiger partial charge in [-0.3, -0.25) is 10.3 Å². The average molecular weight is 360 g/mol. The number of rotatable bonds is 2. The number of fused-ring (bicyclic) bond motifs is 1. The Morgan fingerprint density at radius 1 is 1.41 bits per heavy atom. The molecule has 0 aliphatic carbocycles. The first-order chi connectivity index (χ1) is 10.3. The highest BCUT2D eigenvalue weighted by atomic mass is 35.5. The van der Waals surface area contributed by atoms with E-state index in [-0.39, 0.29) is 11.4 Å². The molecule has 2 heterocycles. The number of halogens is 2. The zero-order valence-corrected chi connectivity index (χ0v) is 14.2. The fourth-order valence-electron chi connectivity index (χ4n) is 2.62. The lowest BCUT2D eigenvalue weighted by Gasteiger charge is -2.42. The topological polar surface area (TPSA) is 62.3 Å². The molecule has 1 saturated heterocycles. The molecule has 3 rings (SSSR count). The van der Waals surface area contributed by atoms with E-state index in [1.54, 1.807) is 37.5 Å². The quantitative estimate of drug-likeness (QED) is 0.660. The first-order valence-electron chi connectivity index (χ1n) is 6.77. The van der Waals surface area contributed by atoms with Gasteiger partial charge in [0.2, 0.25) is 10.0 Å². The molecule has 5 nitrogen and oxygen atoms in total. The molecule has 0 spiro atoms. The van der Waals surface area contributed by atoms with Crippen LogP contribution in [0.3, 0.4) is 0 Å². The molecule has 1 fully saturated rings. The number of benzene rings is 1. The van der Waals surface area contributed by atoms with Gasteiger partial charge in [-0.15, -0.1) is 11.6 Å². The highest BCUT2D eigenvalue weighted by Crippen LogP contribution is 2.36. The van der Waals surface area contributed by atoms with Crippen LogP contribution in [-0.4, -0.2) is 41.3 Å². The van der Waals surface area contributed by atoms with Crippen LogP contribution in [0, 0.1) is 0 Å². The van der Waals surface area contributed by atoms with Crippen LogP contribution in [0.4, 0.5) is 0 Å². The summed E-state index contributed by atoms with van der Waals surface area (Å²) >= 11 is 12.6. The van der Waals surface area contributed by atoms with Crippen LogP contribution in [0.5, 0.6) is 0 Å². The highest BCUT2D eigenvalue weighted by molar-refractivity contribution is 7.89. The Kier molecular flexibility index (Phi) is 4.07. The Morgan fingerprint density at radius 2 is 2.18 bits per heavy atom. The van der Waals surface area contributed by atoms with Gasteiger partial charge >= 0.3 is 0 Å². The molecule has 0 bridgehead atoms. The minimum Gasteiger partial charge on any atom is -0.297 e. The van der Waals surface area contributed by atoms with E-state index in [0.29, 0.717) is 11.9 Å². The maximum Gasteiger partial charge on any atom is 0.245 e. The van der Waals surface area contributed by atoms with Crippen molar-refractivity contribution in [2.75, 3.05) is 13.1 Å². The number of sulfonamides is 1. The maximum atomic E-state index is 13.1. The minimum absolute atomic E-state index is 0.213. The highest BCUT2D eigenvalue weighted by Gasteiger charge is 2.47. The molecule has 1 aliphatic rings. The molecule has 0 radical (unpaired) electrons. The third kappa shape index (κ3) is 2.49.